The van der Waals surface area contributed by atoms with E-state index >= 15 is 0 Å². The maximum absolute atomic E-state index is 11.6. The smallest absolute Gasteiger partial charge is 0.352 e. The molecule has 1 amide bonds. The number of hydrogen-bond donors (Lipinski definition) is 3. The van der Waals surface area contributed by atoms with Crippen molar-refractivity contribution in [2.75, 3.05) is 6.54 Å². The Morgan fingerprint density at radius 3 is 2.53 bits per heavy atom. The summed E-state index contributed by atoms with van der Waals surface area (Å²) in [5.74, 6) is -2.08. The van der Waals surface area contributed by atoms with Gasteiger partial charge in [-0.15, -0.1) is 0 Å². The average molecular weight is 261 g/mol. The van der Waals surface area contributed by atoms with Crippen molar-refractivity contribution in [2.24, 2.45) is 12.8 Å². The van der Waals surface area contributed by atoms with Crippen molar-refractivity contribution < 1.29 is 23.1 Å². The Hall–Kier alpha value is -1.87. The topological polar surface area (TPSA) is 131 Å². The minimum Gasteiger partial charge on any atom is -0.477 e. The van der Waals surface area contributed by atoms with Crippen LogP contribution in [0.1, 0.15) is 10.5 Å². The van der Waals surface area contributed by atoms with Crippen LogP contribution in [-0.2, 0) is 21.9 Å². The summed E-state index contributed by atoms with van der Waals surface area (Å²) in [6, 6.07) is 0.992. The molecular weight excluding hydrogens is 250 g/mol. The van der Waals surface area contributed by atoms with E-state index in [4.69, 9.17) is 10.8 Å². The van der Waals surface area contributed by atoms with Crippen LogP contribution in [0.5, 0.6) is 0 Å². The highest BCUT2D eigenvalue weighted by Crippen LogP contribution is 2.12. The highest BCUT2D eigenvalue weighted by Gasteiger charge is 2.20. The van der Waals surface area contributed by atoms with Gasteiger partial charge in [-0.3, -0.25) is 4.79 Å². The molecule has 0 aromatic carbocycles. The van der Waals surface area contributed by atoms with Crippen LogP contribution in [0, 0.1) is 0 Å². The number of sulfonamides is 1. The Balaban J connectivity index is 3.04. The SMILES string of the molecule is Cn1cc(S(=O)(=O)NCC(N)=O)cc1C(=O)O. The van der Waals surface area contributed by atoms with Gasteiger partial charge in [-0.1, -0.05) is 0 Å². The molecule has 0 saturated carbocycles. The van der Waals surface area contributed by atoms with Gasteiger partial charge in [-0.2, -0.15) is 0 Å². The lowest BCUT2D eigenvalue weighted by Gasteiger charge is -2.01. The fourth-order valence-electron chi connectivity index (χ4n) is 1.14. The second-order valence-corrected chi connectivity index (χ2v) is 5.03. The number of primary amides is 1. The van der Waals surface area contributed by atoms with Crippen molar-refractivity contribution in [3.63, 3.8) is 0 Å². The van der Waals surface area contributed by atoms with Gasteiger partial charge in [0.1, 0.15) is 10.6 Å². The number of nitrogens with two attached hydrogens (primary N) is 1. The summed E-state index contributed by atoms with van der Waals surface area (Å²) in [4.78, 5) is 20.9. The van der Waals surface area contributed by atoms with Crippen molar-refractivity contribution in [1.29, 1.82) is 0 Å². The third-order valence-corrected chi connectivity index (χ3v) is 3.31. The second kappa shape index (κ2) is 4.55. The van der Waals surface area contributed by atoms with Gasteiger partial charge in [0.15, 0.2) is 0 Å². The Bertz CT molecular complexity index is 560. The molecule has 0 unspecified atom stereocenters. The summed E-state index contributed by atoms with van der Waals surface area (Å²) >= 11 is 0. The molecule has 4 N–H and O–H groups in total. The molecule has 0 aliphatic heterocycles. The lowest BCUT2D eigenvalue weighted by atomic mass is 10.4. The van der Waals surface area contributed by atoms with E-state index in [1.165, 1.54) is 7.05 Å². The molecule has 9 heteroatoms. The molecule has 0 fully saturated rings. The summed E-state index contributed by atoms with van der Waals surface area (Å²) in [7, 11) is -2.53. The largest absolute Gasteiger partial charge is 0.477 e. The summed E-state index contributed by atoms with van der Waals surface area (Å²) in [6.45, 7) is -0.542. The van der Waals surface area contributed by atoms with Gasteiger partial charge in [-0.25, -0.2) is 17.9 Å². The number of carboxylic acids is 1. The van der Waals surface area contributed by atoms with Gasteiger partial charge >= 0.3 is 5.97 Å². The normalized spacial score (nSPS) is 11.4. The molecule has 0 bridgehead atoms. The van der Waals surface area contributed by atoms with Crippen LogP contribution in [0.25, 0.3) is 0 Å². The molecule has 0 atom stereocenters. The van der Waals surface area contributed by atoms with E-state index < -0.39 is 28.4 Å². The Kier molecular flexibility index (Phi) is 3.53. The molecule has 1 heterocycles. The molecule has 0 aliphatic rings. The Morgan fingerprint density at radius 2 is 2.12 bits per heavy atom. The first-order chi connectivity index (χ1) is 7.74. The molecule has 8 nitrogen and oxygen atoms in total. The maximum Gasteiger partial charge on any atom is 0.352 e. The number of nitrogens with one attached hydrogen (secondary N) is 1. The Morgan fingerprint density at radius 1 is 1.53 bits per heavy atom. The number of aryl methyl sites for hydroxylation is 1. The zero-order chi connectivity index (χ0) is 13.2. The van der Waals surface area contributed by atoms with Crippen molar-refractivity contribution >= 4 is 21.9 Å². The predicted molar refractivity (Wildman–Crippen MR) is 56.8 cm³/mol. The minimum atomic E-state index is -3.93. The van der Waals surface area contributed by atoms with E-state index in [1.807, 2.05) is 4.72 Å². The quantitative estimate of drug-likeness (QED) is 0.592. The number of rotatable bonds is 5. The summed E-state index contributed by atoms with van der Waals surface area (Å²) in [6.07, 6.45) is 1.13. The fourth-order valence-corrected chi connectivity index (χ4v) is 2.21. The van der Waals surface area contributed by atoms with E-state index in [0.717, 1.165) is 16.8 Å². The number of amides is 1. The Labute approximate surface area is 97.1 Å². The van der Waals surface area contributed by atoms with Crippen LogP contribution < -0.4 is 10.5 Å². The third-order valence-electron chi connectivity index (χ3n) is 1.95. The van der Waals surface area contributed by atoms with E-state index in [-0.39, 0.29) is 10.6 Å². The van der Waals surface area contributed by atoms with Crippen LogP contribution in [0.2, 0.25) is 0 Å². The van der Waals surface area contributed by atoms with Crippen LogP contribution in [0.3, 0.4) is 0 Å². The monoisotopic (exact) mass is 261 g/mol. The first-order valence-electron chi connectivity index (χ1n) is 4.41. The summed E-state index contributed by atoms with van der Waals surface area (Å²) in [5.41, 5.74) is 4.62. The molecular formula is C8H11N3O5S. The predicted octanol–water partition coefficient (Wildman–Crippen LogP) is -1.51. The van der Waals surface area contributed by atoms with Crippen molar-refractivity contribution in [3.8, 4) is 0 Å². The number of nitrogens with zero attached hydrogens (tertiary/aromatic N) is 1. The summed E-state index contributed by atoms with van der Waals surface area (Å²) in [5, 5.41) is 8.75. The molecule has 0 aliphatic carbocycles. The molecule has 1 aromatic rings. The first-order valence-corrected chi connectivity index (χ1v) is 5.90. The van der Waals surface area contributed by atoms with Crippen LogP contribution >= 0.6 is 0 Å². The van der Waals surface area contributed by atoms with Gasteiger partial charge in [-0.05, 0) is 6.07 Å². The number of carbonyl (C=O) groups excluding carboxylic acids is 1. The molecule has 17 heavy (non-hydrogen) atoms. The third kappa shape index (κ3) is 3.04. The van der Waals surface area contributed by atoms with Crippen molar-refractivity contribution in [1.82, 2.24) is 9.29 Å². The number of hydrogen-bond acceptors (Lipinski definition) is 4. The number of aromatic nitrogens is 1. The fraction of sp³-hybridized carbons (Fsp3) is 0.250. The van der Waals surface area contributed by atoms with Gasteiger partial charge < -0.3 is 15.4 Å². The van der Waals surface area contributed by atoms with E-state index in [1.54, 1.807) is 0 Å². The van der Waals surface area contributed by atoms with Crippen LogP contribution in [0.15, 0.2) is 17.2 Å². The molecule has 1 aromatic heterocycles. The van der Waals surface area contributed by atoms with Crippen molar-refractivity contribution in [3.05, 3.63) is 18.0 Å². The number of aromatic carboxylic acids is 1. The molecule has 0 spiro atoms. The molecule has 1 rings (SSSR count). The van der Waals surface area contributed by atoms with E-state index in [0.29, 0.717) is 0 Å². The lowest BCUT2D eigenvalue weighted by Crippen LogP contribution is -2.33. The number of carbonyl (C=O) groups is 2. The van der Waals surface area contributed by atoms with Crippen LogP contribution in [-0.4, -0.2) is 36.5 Å². The van der Waals surface area contributed by atoms with Gasteiger partial charge in [0.05, 0.1) is 6.54 Å². The second-order valence-electron chi connectivity index (χ2n) is 3.27. The first kappa shape index (κ1) is 13.2. The van der Waals surface area contributed by atoms with Gasteiger partial charge in [0.25, 0.3) is 0 Å². The lowest BCUT2D eigenvalue weighted by molar-refractivity contribution is -0.116. The average Bonchev–Trinajstić information content (AvgIpc) is 2.58. The highest BCUT2D eigenvalue weighted by atomic mass is 32.2. The van der Waals surface area contributed by atoms with Crippen molar-refractivity contribution in [2.45, 2.75) is 4.90 Å². The highest BCUT2D eigenvalue weighted by molar-refractivity contribution is 7.89. The standard InChI is InChI=1S/C8H11N3O5S/c1-11-4-5(2-6(11)8(13)14)17(15,16)10-3-7(9)12/h2,4,10H,3H2,1H3,(H2,9,12)(H,13,14). The molecule has 0 radical (unpaired) electrons. The molecule has 0 saturated heterocycles. The molecule has 94 valence electrons. The van der Waals surface area contributed by atoms with E-state index in [9.17, 15) is 18.0 Å². The number of carboxylic acid groups (broad SMARTS) is 1. The zero-order valence-corrected chi connectivity index (χ0v) is 9.69. The minimum absolute atomic E-state index is 0.176. The maximum atomic E-state index is 11.6. The van der Waals surface area contributed by atoms with Gasteiger partial charge in [0.2, 0.25) is 15.9 Å². The van der Waals surface area contributed by atoms with E-state index in [2.05, 4.69) is 0 Å². The zero-order valence-electron chi connectivity index (χ0n) is 8.87. The summed E-state index contributed by atoms with van der Waals surface area (Å²) < 4.78 is 26.3. The van der Waals surface area contributed by atoms with Crippen LogP contribution in [0.4, 0.5) is 0 Å². The van der Waals surface area contributed by atoms with Gasteiger partial charge in [0, 0.05) is 13.2 Å².